The van der Waals surface area contributed by atoms with Crippen molar-refractivity contribution in [3.05, 3.63) is 48.8 Å². The number of nitrogens with one attached hydrogen (secondary N) is 2. The lowest BCUT2D eigenvalue weighted by atomic mass is 9.96. The molecule has 1 aromatic carbocycles. The van der Waals surface area contributed by atoms with Gasteiger partial charge in [0.2, 0.25) is 0 Å². The number of hydrogen-bond acceptors (Lipinski definition) is 4. The first-order valence-corrected chi connectivity index (χ1v) is 10.2. The summed E-state index contributed by atoms with van der Waals surface area (Å²) in [4.78, 5) is 18.7. The number of urea groups is 1. The van der Waals surface area contributed by atoms with Crippen molar-refractivity contribution in [2.24, 2.45) is 5.92 Å². The number of carbonyl (C=O) groups excluding carboxylic acids is 1. The van der Waals surface area contributed by atoms with Crippen LogP contribution in [0.25, 0.3) is 0 Å². The number of pyridine rings is 1. The number of aromatic nitrogens is 1. The molecule has 1 fully saturated rings. The van der Waals surface area contributed by atoms with E-state index in [-0.39, 0.29) is 6.03 Å². The summed E-state index contributed by atoms with van der Waals surface area (Å²) in [5, 5.41) is 5.89. The largest absolute Gasteiger partial charge is 0.494 e. The molecule has 6 heteroatoms. The second-order valence-corrected chi connectivity index (χ2v) is 7.20. The van der Waals surface area contributed by atoms with Gasteiger partial charge in [0.25, 0.3) is 0 Å². The molecule has 1 aliphatic rings. The number of carbonyl (C=O) groups is 1. The maximum absolute atomic E-state index is 12.2. The number of unbranched alkanes of at least 4 members (excludes halogenated alkanes) is 1. The first-order chi connectivity index (χ1) is 13.7. The Bertz CT molecular complexity index is 713. The predicted molar refractivity (Wildman–Crippen MR) is 113 cm³/mol. The van der Waals surface area contributed by atoms with Crippen LogP contribution in [0.1, 0.15) is 32.6 Å². The van der Waals surface area contributed by atoms with Gasteiger partial charge in [0.15, 0.2) is 0 Å². The number of rotatable bonds is 8. The van der Waals surface area contributed by atoms with Crippen LogP contribution in [0.5, 0.6) is 5.75 Å². The molecule has 0 aliphatic carbocycles. The molecular weight excluding hydrogens is 352 g/mol. The van der Waals surface area contributed by atoms with E-state index in [1.807, 2.05) is 36.5 Å². The molecule has 0 atom stereocenters. The van der Waals surface area contributed by atoms with Crippen LogP contribution in [0.2, 0.25) is 0 Å². The Morgan fingerprint density at radius 1 is 1.21 bits per heavy atom. The highest BCUT2D eigenvalue weighted by Gasteiger charge is 2.20. The van der Waals surface area contributed by atoms with Crippen molar-refractivity contribution >= 4 is 17.4 Å². The van der Waals surface area contributed by atoms with Crippen molar-refractivity contribution in [3.8, 4) is 5.75 Å². The highest BCUT2D eigenvalue weighted by Crippen LogP contribution is 2.22. The average Bonchev–Trinajstić information content (AvgIpc) is 2.75. The van der Waals surface area contributed by atoms with Crippen molar-refractivity contribution < 1.29 is 9.53 Å². The fourth-order valence-electron chi connectivity index (χ4n) is 3.32. The first kappa shape index (κ1) is 20.0. The van der Waals surface area contributed by atoms with Crippen LogP contribution in [0.3, 0.4) is 0 Å². The number of benzene rings is 1. The highest BCUT2D eigenvalue weighted by molar-refractivity contribution is 5.89. The SMILES string of the molecule is CCCCOc1ccc(NC(=O)NCC2CCN(c3cccnc3)CC2)cc1. The second kappa shape index (κ2) is 10.5. The van der Waals surface area contributed by atoms with E-state index in [9.17, 15) is 4.79 Å². The van der Waals surface area contributed by atoms with Gasteiger partial charge < -0.3 is 20.3 Å². The molecule has 0 saturated carbocycles. The topological polar surface area (TPSA) is 66.5 Å². The molecule has 2 amide bonds. The van der Waals surface area contributed by atoms with Gasteiger partial charge in [-0.2, -0.15) is 0 Å². The second-order valence-electron chi connectivity index (χ2n) is 7.20. The van der Waals surface area contributed by atoms with Crippen molar-refractivity contribution in [2.45, 2.75) is 32.6 Å². The number of nitrogens with zero attached hydrogens (tertiary/aromatic N) is 2. The molecule has 2 aromatic rings. The molecule has 28 heavy (non-hydrogen) atoms. The lowest BCUT2D eigenvalue weighted by molar-refractivity contribution is 0.248. The number of anilines is 2. The van der Waals surface area contributed by atoms with E-state index in [1.165, 1.54) is 5.69 Å². The van der Waals surface area contributed by atoms with E-state index in [4.69, 9.17) is 4.74 Å². The van der Waals surface area contributed by atoms with Crippen molar-refractivity contribution in [1.29, 1.82) is 0 Å². The third-order valence-corrected chi connectivity index (χ3v) is 5.06. The number of ether oxygens (including phenoxy) is 1. The Morgan fingerprint density at radius 2 is 2.00 bits per heavy atom. The molecule has 0 spiro atoms. The maximum atomic E-state index is 12.2. The smallest absolute Gasteiger partial charge is 0.319 e. The summed E-state index contributed by atoms with van der Waals surface area (Å²) in [5.41, 5.74) is 1.94. The van der Waals surface area contributed by atoms with Gasteiger partial charge >= 0.3 is 6.03 Å². The maximum Gasteiger partial charge on any atom is 0.319 e. The van der Waals surface area contributed by atoms with Crippen LogP contribution in [0, 0.1) is 5.92 Å². The van der Waals surface area contributed by atoms with Gasteiger partial charge in [0.05, 0.1) is 18.5 Å². The van der Waals surface area contributed by atoms with Crippen LogP contribution in [0.15, 0.2) is 48.8 Å². The normalized spacial score (nSPS) is 14.5. The van der Waals surface area contributed by atoms with Gasteiger partial charge in [0, 0.05) is 31.5 Å². The molecule has 0 radical (unpaired) electrons. The Balaban J connectivity index is 1.35. The van der Waals surface area contributed by atoms with Gasteiger partial charge in [-0.05, 0) is 61.6 Å². The van der Waals surface area contributed by atoms with E-state index < -0.39 is 0 Å². The minimum atomic E-state index is -0.158. The fourth-order valence-corrected chi connectivity index (χ4v) is 3.32. The molecular formula is C22H30N4O2. The molecule has 3 rings (SSSR count). The average molecular weight is 383 g/mol. The van der Waals surface area contributed by atoms with Gasteiger partial charge in [-0.15, -0.1) is 0 Å². The van der Waals surface area contributed by atoms with Crippen LogP contribution < -0.4 is 20.3 Å². The van der Waals surface area contributed by atoms with Crippen molar-refractivity contribution in [3.63, 3.8) is 0 Å². The lowest BCUT2D eigenvalue weighted by Crippen LogP contribution is -2.39. The molecule has 2 N–H and O–H groups in total. The van der Waals surface area contributed by atoms with Crippen LogP contribution in [-0.2, 0) is 0 Å². The van der Waals surface area contributed by atoms with Crippen molar-refractivity contribution in [1.82, 2.24) is 10.3 Å². The van der Waals surface area contributed by atoms with E-state index in [2.05, 4.69) is 33.5 Å². The summed E-state index contributed by atoms with van der Waals surface area (Å²) >= 11 is 0. The number of amides is 2. The minimum absolute atomic E-state index is 0.158. The predicted octanol–water partition coefficient (Wildman–Crippen LogP) is 4.30. The first-order valence-electron chi connectivity index (χ1n) is 10.2. The van der Waals surface area contributed by atoms with Crippen molar-refractivity contribution in [2.75, 3.05) is 36.5 Å². The molecule has 1 aromatic heterocycles. The van der Waals surface area contributed by atoms with E-state index in [1.54, 1.807) is 6.20 Å². The molecule has 6 nitrogen and oxygen atoms in total. The molecule has 1 saturated heterocycles. The van der Waals surface area contributed by atoms with Gasteiger partial charge in [-0.25, -0.2) is 4.79 Å². The third-order valence-electron chi connectivity index (χ3n) is 5.06. The monoisotopic (exact) mass is 382 g/mol. The molecule has 2 heterocycles. The zero-order chi connectivity index (χ0) is 19.6. The summed E-state index contributed by atoms with van der Waals surface area (Å²) in [6.07, 6.45) is 8.00. The summed E-state index contributed by atoms with van der Waals surface area (Å²) in [5.74, 6) is 1.34. The third kappa shape index (κ3) is 6.15. The minimum Gasteiger partial charge on any atom is -0.494 e. The Hall–Kier alpha value is -2.76. The molecule has 0 unspecified atom stereocenters. The summed E-state index contributed by atoms with van der Waals surface area (Å²) in [6, 6.07) is 11.4. The van der Waals surface area contributed by atoms with E-state index in [0.717, 1.165) is 56.8 Å². The zero-order valence-electron chi connectivity index (χ0n) is 16.6. The summed E-state index contributed by atoms with van der Waals surface area (Å²) < 4.78 is 5.64. The van der Waals surface area contributed by atoms with E-state index in [0.29, 0.717) is 12.5 Å². The fraction of sp³-hybridized carbons (Fsp3) is 0.455. The van der Waals surface area contributed by atoms with Gasteiger partial charge in [-0.3, -0.25) is 4.98 Å². The Morgan fingerprint density at radius 3 is 2.68 bits per heavy atom. The Labute approximate surface area is 167 Å². The standard InChI is InChI=1S/C22H30N4O2/c1-2-3-15-28-21-8-6-19(7-9-21)25-22(27)24-16-18-10-13-26(14-11-18)20-5-4-12-23-17-20/h4-9,12,17-18H,2-3,10-11,13-16H2,1H3,(H2,24,25,27). The highest BCUT2D eigenvalue weighted by atomic mass is 16.5. The quantitative estimate of drug-likeness (QED) is 0.668. The number of piperidine rings is 1. The lowest BCUT2D eigenvalue weighted by Gasteiger charge is -2.33. The van der Waals surface area contributed by atoms with Crippen LogP contribution >= 0.6 is 0 Å². The van der Waals surface area contributed by atoms with Gasteiger partial charge in [0.1, 0.15) is 5.75 Å². The zero-order valence-corrected chi connectivity index (χ0v) is 16.6. The number of hydrogen-bond donors (Lipinski definition) is 2. The van der Waals surface area contributed by atoms with Crippen LogP contribution in [0.4, 0.5) is 16.2 Å². The summed E-state index contributed by atoms with van der Waals surface area (Å²) in [7, 11) is 0. The molecule has 150 valence electrons. The van der Waals surface area contributed by atoms with Gasteiger partial charge in [-0.1, -0.05) is 13.3 Å². The summed E-state index contributed by atoms with van der Waals surface area (Å²) in [6.45, 7) is 5.56. The van der Waals surface area contributed by atoms with Crippen LogP contribution in [-0.4, -0.2) is 37.3 Å². The van der Waals surface area contributed by atoms with E-state index >= 15 is 0 Å². The Kier molecular flexibility index (Phi) is 7.53. The molecule has 1 aliphatic heterocycles. The molecule has 0 bridgehead atoms.